The second kappa shape index (κ2) is 5.17. The Labute approximate surface area is 106 Å². The van der Waals surface area contributed by atoms with Gasteiger partial charge in [-0.1, -0.05) is 0 Å². The molecule has 0 aliphatic heterocycles. The molecule has 0 aliphatic carbocycles. The van der Waals surface area contributed by atoms with Crippen molar-refractivity contribution in [3.05, 3.63) is 27.5 Å². The first-order valence-electron chi connectivity index (χ1n) is 4.32. The number of hydrogen-bond acceptors (Lipinski definition) is 3. The molecule has 0 saturated carbocycles. The van der Waals surface area contributed by atoms with Crippen molar-refractivity contribution in [2.24, 2.45) is 0 Å². The van der Waals surface area contributed by atoms with Crippen molar-refractivity contribution in [3.8, 4) is 0 Å². The smallest absolute Gasteiger partial charge is 0.433 e. The van der Waals surface area contributed by atoms with E-state index in [0.29, 0.717) is 0 Å². The van der Waals surface area contributed by atoms with Crippen LogP contribution in [0.2, 0.25) is 0 Å². The molecule has 18 heavy (non-hydrogen) atoms. The zero-order chi connectivity index (χ0) is 14.1. The number of methoxy groups -OCH3 is 1. The summed E-state index contributed by atoms with van der Waals surface area (Å²) in [5, 5.41) is 0. The number of carbonyl (C=O) groups is 1. The largest absolute Gasteiger partial charge is 0.465 e. The van der Waals surface area contributed by atoms with Gasteiger partial charge in [0.15, 0.2) is 0 Å². The highest BCUT2D eigenvalue weighted by atomic mass is 79.9. The van der Waals surface area contributed by atoms with Gasteiger partial charge in [-0.05, 0) is 22.0 Å². The van der Waals surface area contributed by atoms with E-state index in [1.165, 1.54) is 0 Å². The Morgan fingerprint density at radius 2 is 2.00 bits per heavy atom. The van der Waals surface area contributed by atoms with Gasteiger partial charge >= 0.3 is 12.1 Å². The van der Waals surface area contributed by atoms with Gasteiger partial charge < -0.3 is 4.74 Å². The van der Waals surface area contributed by atoms with Crippen LogP contribution in [0.15, 0.2) is 10.7 Å². The van der Waals surface area contributed by atoms with Crippen LogP contribution in [0.3, 0.4) is 0 Å². The first kappa shape index (κ1) is 14.8. The monoisotopic (exact) mass is 333 g/mol. The molecule has 1 rings (SSSR count). The van der Waals surface area contributed by atoms with E-state index in [2.05, 4.69) is 25.7 Å². The molecule has 0 bridgehead atoms. The van der Waals surface area contributed by atoms with Gasteiger partial charge in [0.05, 0.1) is 7.11 Å². The lowest BCUT2D eigenvalue weighted by molar-refractivity contribution is -0.141. The van der Waals surface area contributed by atoms with Crippen molar-refractivity contribution in [3.63, 3.8) is 0 Å². The average Bonchev–Trinajstić information content (AvgIpc) is 2.25. The molecule has 0 saturated heterocycles. The van der Waals surface area contributed by atoms with Crippen molar-refractivity contribution in [2.45, 2.75) is 12.6 Å². The number of rotatable bonds is 2. The first-order valence-corrected chi connectivity index (χ1v) is 5.12. The predicted molar refractivity (Wildman–Crippen MR) is 53.2 cm³/mol. The van der Waals surface area contributed by atoms with Gasteiger partial charge in [0.1, 0.15) is 15.9 Å². The Balaban J connectivity index is 3.51. The summed E-state index contributed by atoms with van der Waals surface area (Å²) in [4.78, 5) is 14.2. The fourth-order valence-corrected chi connectivity index (χ4v) is 1.74. The number of halogens is 6. The third kappa shape index (κ3) is 2.95. The summed E-state index contributed by atoms with van der Waals surface area (Å²) in [5.74, 6) is -1.20. The Hall–Kier alpha value is -1.25. The van der Waals surface area contributed by atoms with Crippen LogP contribution < -0.4 is 0 Å². The number of ether oxygens (including phenoxy) is 1. The van der Waals surface area contributed by atoms with E-state index in [1.54, 1.807) is 0 Å². The summed E-state index contributed by atoms with van der Waals surface area (Å²) in [7, 11) is 0.918. The number of hydrogen-bond donors (Lipinski definition) is 0. The Kier molecular flexibility index (Phi) is 4.25. The van der Waals surface area contributed by atoms with Gasteiger partial charge in [0.25, 0.3) is 6.43 Å². The number of carbonyl (C=O) groups excluding carboxylic acids is 1. The van der Waals surface area contributed by atoms with Crippen LogP contribution >= 0.6 is 15.9 Å². The predicted octanol–water partition coefficient (Wildman–Crippen LogP) is 3.59. The normalized spacial score (nSPS) is 11.8. The van der Waals surface area contributed by atoms with Crippen LogP contribution in [0.4, 0.5) is 22.0 Å². The van der Waals surface area contributed by atoms with Crippen molar-refractivity contribution in [1.82, 2.24) is 4.98 Å². The molecule has 0 fully saturated rings. The van der Waals surface area contributed by atoms with E-state index in [4.69, 9.17) is 0 Å². The maximum absolute atomic E-state index is 12.6. The number of alkyl halides is 5. The highest BCUT2D eigenvalue weighted by Gasteiger charge is 2.36. The average molecular weight is 334 g/mol. The van der Waals surface area contributed by atoms with Crippen LogP contribution in [0, 0.1) is 0 Å². The van der Waals surface area contributed by atoms with Crippen LogP contribution in [-0.2, 0) is 10.9 Å². The second-order valence-electron chi connectivity index (χ2n) is 3.05. The fourth-order valence-electron chi connectivity index (χ4n) is 1.15. The highest BCUT2D eigenvalue weighted by molar-refractivity contribution is 9.10. The molecule has 9 heteroatoms. The fraction of sp³-hybridized carbons (Fsp3) is 0.333. The molecule has 1 aromatic heterocycles. The van der Waals surface area contributed by atoms with Gasteiger partial charge in [0, 0.05) is 5.56 Å². The van der Waals surface area contributed by atoms with Crippen LogP contribution in [0.5, 0.6) is 0 Å². The number of aromatic nitrogens is 1. The zero-order valence-electron chi connectivity index (χ0n) is 8.69. The molecule has 0 N–H and O–H groups in total. The summed E-state index contributed by atoms with van der Waals surface area (Å²) in [5.41, 5.74) is -3.33. The summed E-state index contributed by atoms with van der Waals surface area (Å²) in [6, 6.07) is 0.127. The summed E-state index contributed by atoms with van der Waals surface area (Å²) < 4.78 is 66.0. The number of pyridine rings is 1. The molecule has 0 radical (unpaired) electrons. The number of esters is 1. The van der Waals surface area contributed by atoms with Gasteiger partial charge in [-0.2, -0.15) is 13.2 Å². The lowest BCUT2D eigenvalue weighted by Gasteiger charge is -2.12. The lowest BCUT2D eigenvalue weighted by Crippen LogP contribution is -2.14. The molecule has 1 heterocycles. The molecule has 0 spiro atoms. The first-order chi connectivity index (χ1) is 8.18. The number of nitrogens with zero attached hydrogens (tertiary/aromatic N) is 1. The standard InChI is InChI=1S/C9H5BrF5NO2/c1-18-8(17)5-3(7(11)12)2-4(9(13,14)15)16-6(5)10/h2,7H,1H3. The maximum atomic E-state index is 12.6. The quantitative estimate of drug-likeness (QED) is 0.471. The summed E-state index contributed by atoms with van der Waals surface area (Å²) in [6.45, 7) is 0. The second-order valence-corrected chi connectivity index (χ2v) is 3.80. The third-order valence-corrected chi connectivity index (χ3v) is 2.49. The molecule has 3 nitrogen and oxygen atoms in total. The molecule has 100 valence electrons. The lowest BCUT2D eigenvalue weighted by atomic mass is 10.1. The van der Waals surface area contributed by atoms with Crippen molar-refractivity contribution < 1.29 is 31.5 Å². The summed E-state index contributed by atoms with van der Waals surface area (Å²) >= 11 is 2.55. The zero-order valence-corrected chi connectivity index (χ0v) is 10.3. The topological polar surface area (TPSA) is 39.2 Å². The minimum atomic E-state index is -4.89. The Bertz CT molecular complexity index is 475. The summed E-state index contributed by atoms with van der Waals surface area (Å²) in [6.07, 6.45) is -8.15. The molecule has 0 aromatic carbocycles. The van der Waals surface area contributed by atoms with Crippen molar-refractivity contribution in [1.29, 1.82) is 0 Å². The molecule has 0 atom stereocenters. The van der Waals surface area contributed by atoms with Gasteiger partial charge in [-0.15, -0.1) is 0 Å². The molecule has 0 amide bonds. The van der Waals surface area contributed by atoms with E-state index in [9.17, 15) is 26.7 Å². The minimum absolute atomic E-state index is 0.127. The minimum Gasteiger partial charge on any atom is -0.465 e. The van der Waals surface area contributed by atoms with Gasteiger partial charge in [-0.3, -0.25) is 0 Å². The molecule has 0 aliphatic rings. The van der Waals surface area contributed by atoms with Gasteiger partial charge in [-0.25, -0.2) is 18.6 Å². The van der Waals surface area contributed by atoms with E-state index in [-0.39, 0.29) is 6.07 Å². The van der Waals surface area contributed by atoms with Crippen molar-refractivity contribution in [2.75, 3.05) is 7.11 Å². The van der Waals surface area contributed by atoms with Crippen LogP contribution in [0.25, 0.3) is 0 Å². The van der Waals surface area contributed by atoms with E-state index in [0.717, 1.165) is 7.11 Å². The maximum Gasteiger partial charge on any atom is 0.433 e. The third-order valence-electron chi connectivity index (χ3n) is 1.92. The molecule has 0 unspecified atom stereocenters. The van der Waals surface area contributed by atoms with Crippen molar-refractivity contribution >= 4 is 21.9 Å². The van der Waals surface area contributed by atoms with Gasteiger partial charge in [0.2, 0.25) is 0 Å². The van der Waals surface area contributed by atoms with Crippen LogP contribution in [-0.4, -0.2) is 18.1 Å². The Morgan fingerprint density at radius 1 is 1.44 bits per heavy atom. The Morgan fingerprint density at radius 3 is 2.39 bits per heavy atom. The van der Waals surface area contributed by atoms with E-state index < -0.39 is 40.0 Å². The molecular weight excluding hydrogens is 329 g/mol. The SMILES string of the molecule is COC(=O)c1c(C(F)F)cc(C(F)(F)F)nc1Br. The highest BCUT2D eigenvalue weighted by Crippen LogP contribution is 2.35. The molecule has 1 aromatic rings. The molecular formula is C9H5BrF5NO2. The van der Waals surface area contributed by atoms with E-state index >= 15 is 0 Å². The van der Waals surface area contributed by atoms with Crippen LogP contribution in [0.1, 0.15) is 28.0 Å². The van der Waals surface area contributed by atoms with E-state index in [1.807, 2.05) is 0 Å².